The van der Waals surface area contributed by atoms with Crippen LogP contribution in [0, 0.1) is 0 Å². The Kier molecular flexibility index (Phi) is 3.25. The molecule has 1 rings (SSSR count). The average Bonchev–Trinajstić information content (AvgIpc) is 2.05. The second kappa shape index (κ2) is 4.02. The normalized spacial score (nSPS) is 29.5. The molecule has 0 aromatic rings. The Morgan fingerprint density at radius 2 is 2.42 bits per heavy atom. The Hall–Kier alpha value is -0.390. The fraction of sp³-hybridized carbons (Fsp3) is 0.857. The van der Waals surface area contributed by atoms with E-state index in [1.807, 2.05) is 0 Å². The van der Waals surface area contributed by atoms with Gasteiger partial charge in [0.1, 0.15) is 0 Å². The monoisotopic (exact) mass is 189 g/mol. The van der Waals surface area contributed by atoms with Crippen molar-refractivity contribution in [3.63, 3.8) is 0 Å². The molecule has 12 heavy (non-hydrogen) atoms. The van der Waals surface area contributed by atoms with Gasteiger partial charge in [-0.3, -0.25) is 0 Å². The molecule has 1 atom stereocenters. The molecule has 0 amide bonds. The van der Waals surface area contributed by atoms with Crippen LogP contribution in [0.5, 0.6) is 0 Å². The predicted octanol–water partition coefficient (Wildman–Crippen LogP) is -0.107. The molecule has 0 bridgehead atoms. The Morgan fingerprint density at radius 1 is 1.67 bits per heavy atom. The molecular formula is C7H15N3OS. The fourth-order valence-corrected chi connectivity index (χ4v) is 1.59. The highest BCUT2D eigenvalue weighted by molar-refractivity contribution is 7.80. The van der Waals surface area contributed by atoms with Gasteiger partial charge in [0.25, 0.3) is 0 Å². The number of thiocarbonyl (C=S) groups is 1. The van der Waals surface area contributed by atoms with Crippen molar-refractivity contribution in [2.45, 2.75) is 25.3 Å². The summed E-state index contributed by atoms with van der Waals surface area (Å²) < 4.78 is 5.34. The van der Waals surface area contributed by atoms with Crippen LogP contribution in [0.2, 0.25) is 0 Å². The van der Waals surface area contributed by atoms with Crippen LogP contribution in [0.15, 0.2) is 0 Å². The van der Waals surface area contributed by atoms with E-state index in [2.05, 4.69) is 17.7 Å². The van der Waals surface area contributed by atoms with E-state index in [4.69, 9.17) is 22.8 Å². The molecule has 70 valence electrons. The largest absolute Gasteiger partial charge is 0.379 e. The minimum absolute atomic E-state index is 0.0539. The third-order valence-electron chi connectivity index (χ3n) is 1.98. The summed E-state index contributed by atoms with van der Waals surface area (Å²) >= 11 is 4.91. The van der Waals surface area contributed by atoms with Crippen molar-refractivity contribution in [2.24, 2.45) is 5.84 Å². The van der Waals surface area contributed by atoms with Gasteiger partial charge in [0.05, 0.1) is 12.1 Å². The molecule has 0 saturated carbocycles. The number of hydrogen-bond donors (Lipinski definition) is 3. The molecule has 1 saturated heterocycles. The third kappa shape index (κ3) is 2.58. The molecular weight excluding hydrogens is 174 g/mol. The average molecular weight is 189 g/mol. The summed E-state index contributed by atoms with van der Waals surface area (Å²) in [6, 6.07) is 0. The van der Waals surface area contributed by atoms with E-state index in [-0.39, 0.29) is 5.54 Å². The molecule has 0 aromatic heterocycles. The Labute approximate surface area is 77.8 Å². The summed E-state index contributed by atoms with van der Waals surface area (Å²) in [5.74, 6) is 5.15. The zero-order chi connectivity index (χ0) is 9.03. The maximum Gasteiger partial charge on any atom is 0.181 e. The molecule has 1 aliphatic rings. The highest BCUT2D eigenvalue weighted by Crippen LogP contribution is 2.17. The first-order chi connectivity index (χ1) is 5.66. The van der Waals surface area contributed by atoms with E-state index in [0.29, 0.717) is 11.7 Å². The van der Waals surface area contributed by atoms with E-state index in [0.717, 1.165) is 19.4 Å². The SMILES string of the molecule is CC1(NC(=S)NN)CCCOC1. The van der Waals surface area contributed by atoms with Gasteiger partial charge in [-0.15, -0.1) is 0 Å². The summed E-state index contributed by atoms with van der Waals surface area (Å²) in [6.45, 7) is 3.62. The van der Waals surface area contributed by atoms with Crippen LogP contribution in [0.25, 0.3) is 0 Å². The van der Waals surface area contributed by atoms with Crippen LogP contribution < -0.4 is 16.6 Å². The number of rotatable bonds is 1. The second-order valence-electron chi connectivity index (χ2n) is 3.32. The molecule has 1 fully saturated rings. The third-order valence-corrected chi connectivity index (χ3v) is 2.20. The number of nitrogens with two attached hydrogens (primary N) is 1. The molecule has 0 radical (unpaired) electrons. The Morgan fingerprint density at radius 3 is 2.92 bits per heavy atom. The van der Waals surface area contributed by atoms with Gasteiger partial charge in [0, 0.05) is 6.61 Å². The van der Waals surface area contributed by atoms with Crippen LogP contribution in [0.4, 0.5) is 0 Å². The zero-order valence-electron chi connectivity index (χ0n) is 7.22. The smallest absolute Gasteiger partial charge is 0.181 e. The van der Waals surface area contributed by atoms with E-state index in [9.17, 15) is 0 Å². The van der Waals surface area contributed by atoms with Gasteiger partial charge in [-0.2, -0.15) is 0 Å². The fourth-order valence-electron chi connectivity index (χ4n) is 1.34. The lowest BCUT2D eigenvalue weighted by atomic mass is 9.95. The zero-order valence-corrected chi connectivity index (χ0v) is 8.04. The standard InChI is InChI=1S/C7H15N3OS/c1-7(9-6(12)10-8)3-2-4-11-5-7/h2-5,8H2,1H3,(H2,9,10,12). The molecule has 4 N–H and O–H groups in total. The van der Waals surface area contributed by atoms with Gasteiger partial charge < -0.3 is 15.5 Å². The molecule has 5 heteroatoms. The van der Waals surface area contributed by atoms with Gasteiger partial charge in [-0.1, -0.05) is 0 Å². The lowest BCUT2D eigenvalue weighted by molar-refractivity contribution is 0.0370. The molecule has 4 nitrogen and oxygen atoms in total. The molecule has 1 unspecified atom stereocenters. The Bertz CT molecular complexity index is 168. The van der Waals surface area contributed by atoms with Crippen molar-refractivity contribution >= 4 is 17.3 Å². The highest BCUT2D eigenvalue weighted by atomic mass is 32.1. The first-order valence-electron chi connectivity index (χ1n) is 4.03. The molecule has 1 aliphatic heterocycles. The minimum atomic E-state index is -0.0539. The molecule has 0 aromatic carbocycles. The van der Waals surface area contributed by atoms with Crippen molar-refractivity contribution in [2.75, 3.05) is 13.2 Å². The van der Waals surface area contributed by atoms with Crippen molar-refractivity contribution in [1.29, 1.82) is 0 Å². The first kappa shape index (κ1) is 9.70. The molecule has 0 spiro atoms. The highest BCUT2D eigenvalue weighted by Gasteiger charge is 2.27. The number of hydrazine groups is 1. The van der Waals surface area contributed by atoms with E-state index < -0.39 is 0 Å². The van der Waals surface area contributed by atoms with Crippen molar-refractivity contribution < 1.29 is 4.74 Å². The summed E-state index contributed by atoms with van der Waals surface area (Å²) in [7, 11) is 0. The van der Waals surface area contributed by atoms with Gasteiger partial charge in [0.15, 0.2) is 5.11 Å². The van der Waals surface area contributed by atoms with Crippen molar-refractivity contribution in [3.05, 3.63) is 0 Å². The van der Waals surface area contributed by atoms with Gasteiger partial charge in [-0.25, -0.2) is 5.84 Å². The second-order valence-corrected chi connectivity index (χ2v) is 3.72. The van der Waals surface area contributed by atoms with Crippen molar-refractivity contribution in [1.82, 2.24) is 10.7 Å². The van der Waals surface area contributed by atoms with Crippen LogP contribution in [0.1, 0.15) is 19.8 Å². The van der Waals surface area contributed by atoms with E-state index in [1.165, 1.54) is 0 Å². The summed E-state index contributed by atoms with van der Waals surface area (Å²) in [6.07, 6.45) is 2.13. The minimum Gasteiger partial charge on any atom is -0.379 e. The predicted molar refractivity (Wildman–Crippen MR) is 51.5 cm³/mol. The first-order valence-corrected chi connectivity index (χ1v) is 4.44. The maximum atomic E-state index is 5.34. The number of nitrogens with one attached hydrogen (secondary N) is 2. The van der Waals surface area contributed by atoms with E-state index in [1.54, 1.807) is 0 Å². The number of hydrogen-bond acceptors (Lipinski definition) is 3. The van der Waals surface area contributed by atoms with Gasteiger partial charge in [0.2, 0.25) is 0 Å². The van der Waals surface area contributed by atoms with Crippen LogP contribution in [-0.4, -0.2) is 23.9 Å². The lowest BCUT2D eigenvalue weighted by Gasteiger charge is -2.34. The lowest BCUT2D eigenvalue weighted by Crippen LogP contribution is -2.55. The van der Waals surface area contributed by atoms with Crippen LogP contribution >= 0.6 is 12.2 Å². The van der Waals surface area contributed by atoms with Crippen molar-refractivity contribution in [3.8, 4) is 0 Å². The summed E-state index contributed by atoms with van der Waals surface area (Å²) in [5.41, 5.74) is 2.35. The van der Waals surface area contributed by atoms with Gasteiger partial charge in [-0.05, 0) is 32.0 Å². The Balaban J connectivity index is 2.41. The number of ether oxygens (including phenoxy) is 1. The molecule has 1 heterocycles. The maximum absolute atomic E-state index is 5.34. The quantitative estimate of drug-likeness (QED) is 0.305. The van der Waals surface area contributed by atoms with Crippen LogP contribution in [-0.2, 0) is 4.74 Å². The van der Waals surface area contributed by atoms with Gasteiger partial charge >= 0.3 is 0 Å². The molecule has 0 aliphatic carbocycles. The topological polar surface area (TPSA) is 59.3 Å². The summed E-state index contributed by atoms with van der Waals surface area (Å²) in [4.78, 5) is 0. The van der Waals surface area contributed by atoms with Crippen LogP contribution in [0.3, 0.4) is 0 Å². The van der Waals surface area contributed by atoms with E-state index >= 15 is 0 Å². The summed E-state index contributed by atoms with van der Waals surface area (Å²) in [5, 5.41) is 3.59.